The van der Waals surface area contributed by atoms with Crippen molar-refractivity contribution in [3.05, 3.63) is 10.6 Å². The van der Waals surface area contributed by atoms with Crippen molar-refractivity contribution in [2.75, 3.05) is 6.61 Å². The van der Waals surface area contributed by atoms with Crippen LogP contribution in [0.5, 0.6) is 0 Å². The predicted molar refractivity (Wildman–Crippen MR) is 82.8 cm³/mol. The van der Waals surface area contributed by atoms with E-state index in [9.17, 15) is 4.79 Å². The predicted octanol–water partition coefficient (Wildman–Crippen LogP) is 3.97. The van der Waals surface area contributed by atoms with E-state index >= 15 is 0 Å². The summed E-state index contributed by atoms with van der Waals surface area (Å²) in [5.41, 5.74) is 0.849. The van der Waals surface area contributed by atoms with Crippen molar-refractivity contribution < 1.29 is 9.53 Å². The highest BCUT2D eigenvalue weighted by molar-refractivity contribution is 7.08. The molecule has 5 heteroatoms. The SMILES string of the molecule is CC(C)c1nnsc1C(=O)C1CCOC2(CCCCC2)C1. The second-order valence-electron chi connectivity index (χ2n) is 6.79. The van der Waals surface area contributed by atoms with Crippen LogP contribution in [0.4, 0.5) is 0 Å². The van der Waals surface area contributed by atoms with Gasteiger partial charge in [-0.1, -0.05) is 37.6 Å². The minimum atomic E-state index is -0.0209. The summed E-state index contributed by atoms with van der Waals surface area (Å²) in [7, 11) is 0. The van der Waals surface area contributed by atoms with E-state index in [-0.39, 0.29) is 23.2 Å². The Bertz CT molecular complexity index is 501. The third-order valence-electron chi connectivity index (χ3n) is 4.91. The lowest BCUT2D eigenvalue weighted by molar-refractivity contribution is -0.111. The number of aromatic nitrogens is 2. The fourth-order valence-corrected chi connectivity index (χ4v) is 4.56. The van der Waals surface area contributed by atoms with Crippen LogP contribution < -0.4 is 0 Å². The lowest BCUT2D eigenvalue weighted by Crippen LogP contribution is -2.43. The molecule has 1 aromatic rings. The van der Waals surface area contributed by atoms with E-state index in [1.54, 1.807) is 0 Å². The number of carbonyl (C=O) groups excluding carboxylic acids is 1. The van der Waals surface area contributed by atoms with Gasteiger partial charge in [-0.2, -0.15) is 0 Å². The maximum Gasteiger partial charge on any atom is 0.179 e. The highest BCUT2D eigenvalue weighted by Gasteiger charge is 2.41. The summed E-state index contributed by atoms with van der Waals surface area (Å²) in [5, 5.41) is 4.15. The molecule has 4 nitrogen and oxygen atoms in total. The molecule has 116 valence electrons. The molecule has 1 atom stereocenters. The quantitative estimate of drug-likeness (QED) is 0.793. The van der Waals surface area contributed by atoms with E-state index in [4.69, 9.17) is 4.74 Å². The maximum atomic E-state index is 12.9. The zero-order valence-corrected chi connectivity index (χ0v) is 13.7. The lowest BCUT2D eigenvalue weighted by atomic mass is 9.74. The Morgan fingerprint density at radius 3 is 2.81 bits per heavy atom. The molecule has 1 spiro atoms. The van der Waals surface area contributed by atoms with Crippen LogP contribution in [-0.4, -0.2) is 27.6 Å². The third kappa shape index (κ3) is 3.04. The largest absolute Gasteiger partial charge is 0.375 e. The van der Waals surface area contributed by atoms with Crippen LogP contribution in [0, 0.1) is 5.92 Å². The van der Waals surface area contributed by atoms with Gasteiger partial charge in [-0.3, -0.25) is 4.79 Å². The van der Waals surface area contributed by atoms with E-state index in [1.165, 1.54) is 30.8 Å². The number of hydrogen-bond donors (Lipinski definition) is 0. The highest BCUT2D eigenvalue weighted by Crippen LogP contribution is 2.42. The first-order valence-electron chi connectivity index (χ1n) is 8.12. The van der Waals surface area contributed by atoms with Crippen LogP contribution in [0.3, 0.4) is 0 Å². The maximum absolute atomic E-state index is 12.9. The molecule has 21 heavy (non-hydrogen) atoms. The average molecular weight is 308 g/mol. The molecule has 2 heterocycles. The van der Waals surface area contributed by atoms with Crippen molar-refractivity contribution in [3.63, 3.8) is 0 Å². The van der Waals surface area contributed by atoms with Crippen LogP contribution >= 0.6 is 11.5 Å². The molecular weight excluding hydrogens is 284 g/mol. The van der Waals surface area contributed by atoms with Gasteiger partial charge in [0.25, 0.3) is 0 Å². The van der Waals surface area contributed by atoms with Gasteiger partial charge in [0, 0.05) is 12.5 Å². The lowest BCUT2D eigenvalue weighted by Gasteiger charge is -2.43. The van der Waals surface area contributed by atoms with Gasteiger partial charge in [-0.05, 0) is 43.1 Å². The fraction of sp³-hybridized carbons (Fsp3) is 0.812. The number of Topliss-reactive ketones (excluding diaryl/α,β-unsaturated/α-hetero) is 1. The Morgan fingerprint density at radius 1 is 1.33 bits per heavy atom. The first kappa shape index (κ1) is 15.1. The minimum absolute atomic E-state index is 0.0209. The van der Waals surface area contributed by atoms with Gasteiger partial charge < -0.3 is 4.74 Å². The van der Waals surface area contributed by atoms with Crippen molar-refractivity contribution in [2.45, 2.75) is 70.3 Å². The molecule has 1 aliphatic carbocycles. The van der Waals surface area contributed by atoms with Gasteiger partial charge >= 0.3 is 0 Å². The number of hydrogen-bond acceptors (Lipinski definition) is 5. The summed E-state index contributed by atoms with van der Waals surface area (Å²) in [4.78, 5) is 13.7. The second-order valence-corrected chi connectivity index (χ2v) is 7.54. The molecule has 1 saturated carbocycles. The smallest absolute Gasteiger partial charge is 0.179 e. The Kier molecular flexibility index (Phi) is 4.41. The fourth-order valence-electron chi connectivity index (χ4n) is 3.73. The Hall–Kier alpha value is -0.810. The van der Waals surface area contributed by atoms with Gasteiger partial charge in [-0.25, -0.2) is 0 Å². The molecule has 0 bridgehead atoms. The summed E-state index contributed by atoms with van der Waals surface area (Å²) in [6.07, 6.45) is 7.75. The Labute approximate surface area is 130 Å². The zero-order chi connectivity index (χ0) is 14.9. The first-order chi connectivity index (χ1) is 10.1. The van der Waals surface area contributed by atoms with Crippen LogP contribution in [0.15, 0.2) is 0 Å². The molecule has 1 aliphatic heterocycles. The molecule has 0 amide bonds. The summed E-state index contributed by atoms with van der Waals surface area (Å²) >= 11 is 1.26. The second kappa shape index (κ2) is 6.13. The van der Waals surface area contributed by atoms with Crippen LogP contribution in [0.2, 0.25) is 0 Å². The Balaban J connectivity index is 1.76. The summed E-state index contributed by atoms with van der Waals surface area (Å²) in [5.74, 6) is 0.602. The van der Waals surface area contributed by atoms with Gasteiger partial charge in [0.1, 0.15) is 4.88 Å². The number of ketones is 1. The van der Waals surface area contributed by atoms with Gasteiger partial charge in [0.2, 0.25) is 0 Å². The van der Waals surface area contributed by atoms with Crippen molar-refractivity contribution in [3.8, 4) is 0 Å². The normalized spacial score (nSPS) is 25.4. The number of carbonyl (C=O) groups is 1. The molecule has 1 unspecified atom stereocenters. The molecule has 2 aliphatic rings. The first-order valence-corrected chi connectivity index (χ1v) is 8.89. The summed E-state index contributed by atoms with van der Waals surface area (Å²) < 4.78 is 10.1. The molecular formula is C16H24N2O2S. The van der Waals surface area contributed by atoms with Crippen molar-refractivity contribution in [2.24, 2.45) is 5.92 Å². The van der Waals surface area contributed by atoms with Gasteiger partial charge in [-0.15, -0.1) is 5.10 Å². The highest BCUT2D eigenvalue weighted by atomic mass is 32.1. The molecule has 0 N–H and O–H groups in total. The van der Waals surface area contributed by atoms with Crippen molar-refractivity contribution in [1.29, 1.82) is 0 Å². The molecule has 1 aromatic heterocycles. The summed E-state index contributed by atoms with van der Waals surface area (Å²) in [6.45, 7) is 4.86. The van der Waals surface area contributed by atoms with E-state index in [2.05, 4.69) is 23.4 Å². The monoisotopic (exact) mass is 308 g/mol. The van der Waals surface area contributed by atoms with E-state index < -0.39 is 0 Å². The zero-order valence-electron chi connectivity index (χ0n) is 12.9. The van der Waals surface area contributed by atoms with Crippen LogP contribution in [0.1, 0.15) is 80.1 Å². The standard InChI is InChI=1S/C16H24N2O2S/c1-11(2)13-15(21-18-17-13)14(19)12-6-9-20-16(10-12)7-4-3-5-8-16/h11-12H,3-10H2,1-2H3. The van der Waals surface area contributed by atoms with Crippen molar-refractivity contribution >= 4 is 17.3 Å². The van der Waals surface area contributed by atoms with Crippen LogP contribution in [-0.2, 0) is 4.74 Å². The Morgan fingerprint density at radius 2 is 2.10 bits per heavy atom. The van der Waals surface area contributed by atoms with Crippen molar-refractivity contribution in [1.82, 2.24) is 9.59 Å². The van der Waals surface area contributed by atoms with E-state index in [0.717, 1.165) is 42.9 Å². The number of ether oxygens (including phenoxy) is 1. The third-order valence-corrected chi connectivity index (χ3v) is 5.67. The molecule has 1 saturated heterocycles. The molecule has 0 aromatic carbocycles. The average Bonchev–Trinajstić information content (AvgIpc) is 2.97. The van der Waals surface area contributed by atoms with Gasteiger partial charge in [0.15, 0.2) is 5.78 Å². The number of rotatable bonds is 3. The minimum Gasteiger partial charge on any atom is -0.375 e. The van der Waals surface area contributed by atoms with E-state index in [1.807, 2.05) is 0 Å². The number of nitrogens with zero attached hydrogens (tertiary/aromatic N) is 2. The molecule has 0 radical (unpaired) electrons. The molecule has 3 rings (SSSR count). The van der Waals surface area contributed by atoms with Gasteiger partial charge in [0.05, 0.1) is 11.3 Å². The summed E-state index contributed by atoms with van der Waals surface area (Å²) in [6, 6.07) is 0. The topological polar surface area (TPSA) is 52.1 Å². The van der Waals surface area contributed by atoms with E-state index in [0.29, 0.717) is 0 Å². The van der Waals surface area contributed by atoms with Crippen LogP contribution in [0.25, 0.3) is 0 Å². The molecule has 2 fully saturated rings.